The van der Waals surface area contributed by atoms with Gasteiger partial charge in [-0.25, -0.2) is 4.98 Å². The molecular weight excluding hydrogens is 445 g/mol. The molecule has 0 unspecified atom stereocenters. The van der Waals surface area contributed by atoms with Crippen LogP contribution in [0.15, 0.2) is 10.4 Å². The van der Waals surface area contributed by atoms with Crippen LogP contribution in [0.5, 0.6) is 0 Å². The quantitative estimate of drug-likeness (QED) is 0.357. The van der Waals surface area contributed by atoms with Crippen LogP contribution < -0.4 is 10.6 Å². The van der Waals surface area contributed by atoms with E-state index in [1.807, 2.05) is 0 Å². The number of rotatable bonds is 7. The summed E-state index contributed by atoms with van der Waals surface area (Å²) in [7, 11) is 0. The van der Waals surface area contributed by atoms with Crippen LogP contribution in [-0.4, -0.2) is 48.1 Å². The summed E-state index contributed by atoms with van der Waals surface area (Å²) in [4.78, 5) is 12.0. The zero-order chi connectivity index (χ0) is 17.4. The number of aromatic nitrogens is 1. The number of thiazole rings is 1. The highest BCUT2D eigenvalue weighted by Gasteiger charge is 2.20. The molecule has 7 heteroatoms. The Hall–Kier alpha value is -0.410. The summed E-state index contributed by atoms with van der Waals surface area (Å²) in [6, 6.07) is 0.413. The molecule has 0 aromatic carbocycles. The Balaban J connectivity index is 0.00000312. The van der Waals surface area contributed by atoms with Gasteiger partial charge in [0.1, 0.15) is 0 Å². The Labute approximate surface area is 174 Å². The molecule has 0 radical (unpaired) electrons. The molecule has 25 heavy (non-hydrogen) atoms. The van der Waals surface area contributed by atoms with Gasteiger partial charge in [0.25, 0.3) is 0 Å². The number of piperidine rings is 1. The molecule has 0 amide bonds. The van der Waals surface area contributed by atoms with E-state index in [0.717, 1.165) is 45.1 Å². The van der Waals surface area contributed by atoms with Crippen LogP contribution in [-0.2, 0) is 13.0 Å². The smallest absolute Gasteiger partial charge is 0.191 e. The summed E-state index contributed by atoms with van der Waals surface area (Å²) >= 11 is 1.79. The number of aryl methyl sites for hydroxylation is 1. The van der Waals surface area contributed by atoms with Gasteiger partial charge in [0.2, 0.25) is 0 Å². The first-order chi connectivity index (χ1) is 11.6. The lowest BCUT2D eigenvalue weighted by Crippen LogP contribution is -2.41. The maximum atomic E-state index is 4.77. The van der Waals surface area contributed by atoms with Crippen LogP contribution in [0.3, 0.4) is 0 Å². The molecule has 0 aliphatic carbocycles. The van der Waals surface area contributed by atoms with Gasteiger partial charge in [-0.05, 0) is 59.0 Å². The highest BCUT2D eigenvalue weighted by atomic mass is 127. The fourth-order valence-corrected chi connectivity index (χ4v) is 3.69. The second kappa shape index (κ2) is 12.1. The molecule has 1 saturated heterocycles. The van der Waals surface area contributed by atoms with Crippen LogP contribution in [0.25, 0.3) is 0 Å². The molecule has 144 valence electrons. The van der Waals surface area contributed by atoms with Crippen molar-refractivity contribution < 1.29 is 0 Å². The fraction of sp³-hybridized carbons (Fsp3) is 0.778. The number of hydrogen-bond donors (Lipinski definition) is 2. The van der Waals surface area contributed by atoms with Gasteiger partial charge < -0.3 is 10.6 Å². The molecule has 1 aromatic rings. The lowest BCUT2D eigenvalue weighted by molar-refractivity contribution is 0.179. The van der Waals surface area contributed by atoms with Gasteiger partial charge >= 0.3 is 0 Å². The summed E-state index contributed by atoms with van der Waals surface area (Å²) in [6.07, 6.45) is 3.51. The number of nitrogens with zero attached hydrogens (tertiary/aromatic N) is 3. The van der Waals surface area contributed by atoms with Crippen molar-refractivity contribution in [3.8, 4) is 0 Å². The maximum absolute atomic E-state index is 4.77. The number of nitrogens with one attached hydrogen (secondary N) is 2. The molecule has 2 N–H and O–H groups in total. The summed E-state index contributed by atoms with van der Waals surface area (Å²) in [5, 5.41) is 10.2. The van der Waals surface area contributed by atoms with E-state index in [9.17, 15) is 0 Å². The zero-order valence-electron chi connectivity index (χ0n) is 16.0. The summed E-state index contributed by atoms with van der Waals surface area (Å²) in [5.41, 5.74) is 1.24. The van der Waals surface area contributed by atoms with E-state index in [0.29, 0.717) is 12.0 Å². The van der Waals surface area contributed by atoms with Crippen LogP contribution in [0.4, 0.5) is 0 Å². The van der Waals surface area contributed by atoms with Gasteiger partial charge in [-0.1, -0.05) is 6.92 Å². The minimum atomic E-state index is 0. The summed E-state index contributed by atoms with van der Waals surface area (Å²) in [6.45, 7) is 13.7. The van der Waals surface area contributed by atoms with E-state index in [-0.39, 0.29) is 24.0 Å². The first kappa shape index (κ1) is 22.6. The Kier molecular flexibility index (Phi) is 10.9. The van der Waals surface area contributed by atoms with E-state index in [1.165, 1.54) is 23.5 Å². The molecule has 1 aliphatic heterocycles. The van der Waals surface area contributed by atoms with E-state index < -0.39 is 0 Å². The number of hydrogen-bond acceptors (Lipinski definition) is 4. The standard InChI is InChI=1S/C18H33N5S.HI/c1-5-17-22-16(13-24-17)12-23-9-7-15(8-10-23)11-20-18(19-6-2)21-14(3)4;/h13-15H,5-12H2,1-4H3,(H2,19,20,21);1H. The summed E-state index contributed by atoms with van der Waals surface area (Å²) in [5.74, 6) is 1.65. The lowest BCUT2D eigenvalue weighted by atomic mass is 9.97. The van der Waals surface area contributed by atoms with Crippen LogP contribution >= 0.6 is 35.3 Å². The van der Waals surface area contributed by atoms with Gasteiger partial charge in [-0.15, -0.1) is 35.3 Å². The SMILES string of the molecule is CCNC(=NCC1CCN(Cc2csc(CC)n2)CC1)NC(C)C.I. The normalized spacial score (nSPS) is 16.8. The van der Waals surface area contributed by atoms with E-state index in [2.05, 4.69) is 53.6 Å². The first-order valence-electron chi connectivity index (χ1n) is 9.31. The van der Waals surface area contributed by atoms with Gasteiger partial charge in [-0.3, -0.25) is 9.89 Å². The average molecular weight is 479 g/mol. The molecule has 1 fully saturated rings. The number of likely N-dealkylation sites (tertiary alicyclic amines) is 1. The molecular formula is C18H34IN5S. The van der Waals surface area contributed by atoms with Crippen molar-refractivity contribution in [2.24, 2.45) is 10.9 Å². The van der Waals surface area contributed by atoms with E-state index >= 15 is 0 Å². The third-order valence-electron chi connectivity index (χ3n) is 4.27. The third kappa shape index (κ3) is 8.21. The van der Waals surface area contributed by atoms with Crippen molar-refractivity contribution in [3.63, 3.8) is 0 Å². The molecule has 0 atom stereocenters. The number of halogens is 1. The lowest BCUT2D eigenvalue weighted by Gasteiger charge is -2.30. The second-order valence-corrected chi connectivity index (χ2v) is 7.77. The summed E-state index contributed by atoms with van der Waals surface area (Å²) < 4.78 is 0. The van der Waals surface area contributed by atoms with Crippen molar-refractivity contribution in [2.75, 3.05) is 26.2 Å². The number of guanidine groups is 1. The van der Waals surface area contributed by atoms with Gasteiger partial charge in [0.05, 0.1) is 10.7 Å². The van der Waals surface area contributed by atoms with E-state index in [4.69, 9.17) is 4.99 Å². The Morgan fingerprint density at radius 3 is 2.64 bits per heavy atom. The molecule has 2 heterocycles. The predicted octanol–water partition coefficient (Wildman–Crippen LogP) is 3.50. The number of aliphatic imine (C=N–C) groups is 1. The van der Waals surface area contributed by atoms with Gasteiger partial charge in [0, 0.05) is 31.1 Å². The van der Waals surface area contributed by atoms with Crippen LogP contribution in [0.2, 0.25) is 0 Å². The molecule has 0 bridgehead atoms. The highest BCUT2D eigenvalue weighted by Crippen LogP contribution is 2.20. The average Bonchev–Trinajstić information content (AvgIpc) is 3.01. The van der Waals surface area contributed by atoms with Crippen molar-refractivity contribution in [3.05, 3.63) is 16.1 Å². The van der Waals surface area contributed by atoms with E-state index in [1.54, 1.807) is 11.3 Å². The Morgan fingerprint density at radius 1 is 1.36 bits per heavy atom. The topological polar surface area (TPSA) is 52.6 Å². The van der Waals surface area contributed by atoms with Gasteiger partial charge in [0.15, 0.2) is 5.96 Å². The van der Waals surface area contributed by atoms with Crippen molar-refractivity contribution in [2.45, 2.75) is 59.5 Å². The molecule has 2 rings (SSSR count). The fourth-order valence-electron chi connectivity index (χ4n) is 2.95. The van der Waals surface area contributed by atoms with Crippen LogP contribution in [0, 0.1) is 5.92 Å². The molecule has 0 saturated carbocycles. The monoisotopic (exact) mass is 479 g/mol. The molecule has 1 aromatic heterocycles. The van der Waals surface area contributed by atoms with Crippen LogP contribution in [0.1, 0.15) is 51.2 Å². The van der Waals surface area contributed by atoms with Crippen molar-refractivity contribution in [1.82, 2.24) is 20.5 Å². The van der Waals surface area contributed by atoms with Crippen molar-refractivity contribution in [1.29, 1.82) is 0 Å². The predicted molar refractivity (Wildman–Crippen MR) is 119 cm³/mol. The minimum absolute atomic E-state index is 0. The third-order valence-corrected chi connectivity index (χ3v) is 5.31. The Morgan fingerprint density at radius 2 is 2.08 bits per heavy atom. The minimum Gasteiger partial charge on any atom is -0.357 e. The highest BCUT2D eigenvalue weighted by molar-refractivity contribution is 14.0. The van der Waals surface area contributed by atoms with Crippen molar-refractivity contribution >= 4 is 41.3 Å². The molecule has 0 spiro atoms. The molecule has 1 aliphatic rings. The zero-order valence-corrected chi connectivity index (χ0v) is 19.2. The molecule has 5 nitrogen and oxygen atoms in total. The van der Waals surface area contributed by atoms with Gasteiger partial charge in [-0.2, -0.15) is 0 Å². The first-order valence-corrected chi connectivity index (χ1v) is 10.2. The Bertz CT molecular complexity index is 509. The largest absolute Gasteiger partial charge is 0.357 e. The second-order valence-electron chi connectivity index (χ2n) is 6.82. The maximum Gasteiger partial charge on any atom is 0.191 e.